The molecule has 0 unspecified atom stereocenters. The highest BCUT2D eigenvalue weighted by atomic mass is 35.5. The van der Waals surface area contributed by atoms with Crippen LogP contribution in [0.1, 0.15) is 5.56 Å². The van der Waals surface area contributed by atoms with Crippen molar-refractivity contribution in [3.8, 4) is 5.75 Å². The number of hydrogen-bond acceptors (Lipinski definition) is 5. The van der Waals surface area contributed by atoms with Crippen molar-refractivity contribution in [2.24, 2.45) is 0 Å². The number of aliphatic carboxylic acids is 1. The van der Waals surface area contributed by atoms with E-state index < -0.39 is 12.6 Å². The van der Waals surface area contributed by atoms with E-state index in [1.165, 1.54) is 11.3 Å². The maximum atomic E-state index is 12.7. The summed E-state index contributed by atoms with van der Waals surface area (Å²) in [6.45, 7) is -0.470. The van der Waals surface area contributed by atoms with E-state index in [2.05, 4.69) is 4.98 Å². The van der Waals surface area contributed by atoms with E-state index in [4.69, 9.17) is 21.4 Å². The Balaban J connectivity index is 1.76. The van der Waals surface area contributed by atoms with Gasteiger partial charge in [-0.1, -0.05) is 41.1 Å². The van der Waals surface area contributed by atoms with Gasteiger partial charge in [0.05, 0.1) is 20.6 Å². The second-order valence-electron chi connectivity index (χ2n) is 5.51. The van der Waals surface area contributed by atoms with Gasteiger partial charge in [0.25, 0.3) is 5.56 Å². The van der Waals surface area contributed by atoms with Crippen LogP contribution in [0.3, 0.4) is 0 Å². The summed E-state index contributed by atoms with van der Waals surface area (Å²) < 4.78 is 7.22. The van der Waals surface area contributed by atoms with E-state index in [1.54, 1.807) is 28.7 Å². The number of carbonyl (C=O) groups is 1. The number of halogens is 1. The summed E-state index contributed by atoms with van der Waals surface area (Å²) in [5.41, 5.74) is 2.13. The highest BCUT2D eigenvalue weighted by Crippen LogP contribution is 2.25. The Bertz CT molecular complexity index is 1260. The first-order chi connectivity index (χ1) is 12.5. The summed E-state index contributed by atoms with van der Waals surface area (Å²) in [6.07, 6.45) is 1.73. The summed E-state index contributed by atoms with van der Waals surface area (Å²) in [6, 6.07) is 12.4. The number of ether oxygens (including phenoxy) is 1. The first-order valence-electron chi connectivity index (χ1n) is 7.59. The topological polar surface area (TPSA) is 80.9 Å². The number of aromatic nitrogens is 2. The molecule has 0 atom stereocenters. The molecule has 4 aromatic rings. The van der Waals surface area contributed by atoms with E-state index in [-0.39, 0.29) is 16.3 Å². The van der Waals surface area contributed by atoms with Crippen molar-refractivity contribution in [1.82, 2.24) is 9.38 Å². The molecule has 2 heterocycles. The standard InChI is InChI=1S/C18H11ClN2O4S/c19-11-7-10(5-6-14(11)25-9-16(22)23)8-15-17(24)21-13-4-2-1-3-12(13)20-18(21)26-15/h1-8H,9H2,(H,22,23). The van der Waals surface area contributed by atoms with Crippen LogP contribution >= 0.6 is 22.9 Å². The molecule has 1 N–H and O–H groups in total. The summed E-state index contributed by atoms with van der Waals surface area (Å²) in [7, 11) is 0. The third-order valence-electron chi connectivity index (χ3n) is 3.75. The second-order valence-corrected chi connectivity index (χ2v) is 6.92. The molecule has 0 saturated carbocycles. The van der Waals surface area contributed by atoms with E-state index in [9.17, 15) is 9.59 Å². The summed E-state index contributed by atoms with van der Waals surface area (Å²) >= 11 is 7.42. The Hall–Kier alpha value is -2.90. The summed E-state index contributed by atoms with van der Waals surface area (Å²) in [4.78, 5) is 28.4. The monoisotopic (exact) mass is 386 g/mol. The number of carboxylic acid groups (broad SMARTS) is 1. The lowest BCUT2D eigenvalue weighted by Gasteiger charge is -2.05. The molecule has 8 heteroatoms. The van der Waals surface area contributed by atoms with Crippen LogP contribution in [0, 0.1) is 0 Å². The van der Waals surface area contributed by atoms with Crippen LogP contribution in [-0.2, 0) is 4.79 Å². The Morgan fingerprint density at radius 2 is 2.12 bits per heavy atom. The zero-order valence-electron chi connectivity index (χ0n) is 13.2. The van der Waals surface area contributed by atoms with Gasteiger partial charge < -0.3 is 9.84 Å². The number of benzene rings is 2. The minimum absolute atomic E-state index is 0.138. The SMILES string of the molecule is O=C(O)COc1ccc(C=c2sc3nc4ccccc4n3c2=O)cc1Cl. The van der Waals surface area contributed by atoms with Gasteiger partial charge in [-0.15, -0.1) is 0 Å². The highest BCUT2D eigenvalue weighted by molar-refractivity contribution is 7.15. The van der Waals surface area contributed by atoms with Crippen molar-refractivity contribution >= 4 is 51.0 Å². The van der Waals surface area contributed by atoms with Crippen LogP contribution in [-0.4, -0.2) is 27.1 Å². The van der Waals surface area contributed by atoms with Crippen LogP contribution in [0.4, 0.5) is 0 Å². The summed E-state index contributed by atoms with van der Waals surface area (Å²) in [5.74, 6) is -0.803. The van der Waals surface area contributed by atoms with Gasteiger partial charge in [0.2, 0.25) is 0 Å². The van der Waals surface area contributed by atoms with Crippen LogP contribution in [0.15, 0.2) is 47.3 Å². The molecule has 0 aliphatic heterocycles. The molecule has 0 amide bonds. The lowest BCUT2D eigenvalue weighted by Crippen LogP contribution is -2.22. The molecule has 0 fully saturated rings. The molecule has 0 spiro atoms. The molecule has 4 rings (SSSR count). The molecular formula is C18H11ClN2O4S. The Morgan fingerprint density at radius 1 is 1.31 bits per heavy atom. The third kappa shape index (κ3) is 2.91. The van der Waals surface area contributed by atoms with Crippen molar-refractivity contribution in [3.05, 3.63) is 67.9 Å². The number of imidazole rings is 1. The molecule has 6 nitrogen and oxygen atoms in total. The van der Waals surface area contributed by atoms with Crippen LogP contribution in [0.2, 0.25) is 5.02 Å². The molecule has 26 heavy (non-hydrogen) atoms. The molecule has 2 aromatic heterocycles. The van der Waals surface area contributed by atoms with E-state index >= 15 is 0 Å². The van der Waals surface area contributed by atoms with E-state index in [0.717, 1.165) is 11.0 Å². The van der Waals surface area contributed by atoms with Gasteiger partial charge in [0, 0.05) is 0 Å². The quantitative estimate of drug-likeness (QED) is 0.583. The molecular weight excluding hydrogens is 376 g/mol. The van der Waals surface area contributed by atoms with Gasteiger partial charge in [0.15, 0.2) is 11.6 Å². The maximum Gasteiger partial charge on any atom is 0.341 e. The fraction of sp³-hybridized carbons (Fsp3) is 0.0556. The largest absolute Gasteiger partial charge is 0.480 e. The molecule has 0 aliphatic rings. The molecule has 0 saturated heterocycles. The van der Waals surface area contributed by atoms with Crippen molar-refractivity contribution in [3.63, 3.8) is 0 Å². The van der Waals surface area contributed by atoms with Gasteiger partial charge in [0.1, 0.15) is 5.75 Å². The second kappa shape index (κ2) is 6.44. The number of rotatable bonds is 4. The van der Waals surface area contributed by atoms with E-state index in [0.29, 0.717) is 15.1 Å². The average molecular weight is 387 g/mol. The van der Waals surface area contributed by atoms with Crippen molar-refractivity contribution in [2.75, 3.05) is 6.61 Å². The smallest absolute Gasteiger partial charge is 0.341 e. The Labute approximate surface area is 155 Å². The molecule has 0 radical (unpaired) electrons. The van der Waals surface area contributed by atoms with Gasteiger partial charge in [-0.2, -0.15) is 0 Å². The first kappa shape index (κ1) is 16.6. The number of thiazole rings is 1. The minimum atomic E-state index is -1.08. The fourth-order valence-electron chi connectivity index (χ4n) is 2.63. The lowest BCUT2D eigenvalue weighted by molar-refractivity contribution is -0.139. The van der Waals surface area contributed by atoms with Gasteiger partial charge in [-0.05, 0) is 35.9 Å². The normalized spacial score (nSPS) is 12.1. The van der Waals surface area contributed by atoms with Crippen LogP contribution in [0.5, 0.6) is 5.75 Å². The Kier molecular flexibility index (Phi) is 4.10. The lowest BCUT2D eigenvalue weighted by atomic mass is 10.2. The number of para-hydroxylation sites is 2. The molecule has 2 aromatic carbocycles. The third-order valence-corrected chi connectivity index (χ3v) is 5.01. The van der Waals surface area contributed by atoms with Gasteiger partial charge >= 0.3 is 5.97 Å². The fourth-order valence-corrected chi connectivity index (χ4v) is 3.86. The molecule has 0 bridgehead atoms. The zero-order valence-corrected chi connectivity index (χ0v) is 14.8. The number of fused-ring (bicyclic) bond motifs is 3. The van der Waals surface area contributed by atoms with Gasteiger partial charge in [-0.3, -0.25) is 4.79 Å². The zero-order chi connectivity index (χ0) is 18.3. The minimum Gasteiger partial charge on any atom is -0.480 e. The number of hydrogen-bond donors (Lipinski definition) is 1. The molecule has 0 aliphatic carbocycles. The average Bonchev–Trinajstić information content (AvgIpc) is 3.11. The van der Waals surface area contributed by atoms with Crippen LogP contribution < -0.4 is 14.8 Å². The number of carboxylic acids is 1. The predicted octanol–water partition coefficient (Wildman–Crippen LogP) is 2.57. The van der Waals surface area contributed by atoms with Gasteiger partial charge in [-0.25, -0.2) is 14.2 Å². The maximum absolute atomic E-state index is 12.7. The van der Waals surface area contributed by atoms with E-state index in [1.807, 2.05) is 24.3 Å². The Morgan fingerprint density at radius 3 is 2.88 bits per heavy atom. The predicted molar refractivity (Wildman–Crippen MR) is 100 cm³/mol. The number of nitrogens with zero attached hydrogens (tertiary/aromatic N) is 2. The van der Waals surface area contributed by atoms with Crippen molar-refractivity contribution in [2.45, 2.75) is 0 Å². The molecule has 130 valence electrons. The van der Waals surface area contributed by atoms with Crippen molar-refractivity contribution < 1.29 is 14.6 Å². The van der Waals surface area contributed by atoms with Crippen LogP contribution in [0.25, 0.3) is 22.1 Å². The highest BCUT2D eigenvalue weighted by Gasteiger charge is 2.11. The van der Waals surface area contributed by atoms with Crippen molar-refractivity contribution in [1.29, 1.82) is 0 Å². The first-order valence-corrected chi connectivity index (χ1v) is 8.78. The summed E-state index contributed by atoms with van der Waals surface area (Å²) in [5, 5.41) is 8.93.